The molecule has 0 bridgehead atoms. The van der Waals surface area contributed by atoms with Gasteiger partial charge in [0, 0.05) is 19.0 Å². The van der Waals surface area contributed by atoms with Crippen LogP contribution in [0.5, 0.6) is 0 Å². The van der Waals surface area contributed by atoms with Crippen LogP contribution >= 0.6 is 0 Å². The summed E-state index contributed by atoms with van der Waals surface area (Å²) in [6.45, 7) is 1.61. The zero-order valence-electron chi connectivity index (χ0n) is 9.17. The van der Waals surface area contributed by atoms with Gasteiger partial charge in [-0.1, -0.05) is 5.16 Å². The molecular weight excluding hydrogens is 210 g/mol. The Kier molecular flexibility index (Phi) is 3.87. The minimum atomic E-state index is 0.0591. The van der Waals surface area contributed by atoms with Gasteiger partial charge in [-0.15, -0.1) is 0 Å². The predicted molar refractivity (Wildman–Crippen MR) is 55.7 cm³/mol. The Morgan fingerprint density at radius 2 is 1.94 bits per heavy atom. The standard InChI is InChI=1S/C10H17N3O3/c14-5-3-13(4-6-15)7-9-11-10(12-16-9)8-1-2-8/h8,14-15H,1-7H2. The lowest BCUT2D eigenvalue weighted by Crippen LogP contribution is -2.29. The van der Waals surface area contributed by atoms with E-state index in [4.69, 9.17) is 14.7 Å². The largest absolute Gasteiger partial charge is 0.395 e. The summed E-state index contributed by atoms with van der Waals surface area (Å²) in [5.41, 5.74) is 0. The van der Waals surface area contributed by atoms with Crippen molar-refractivity contribution in [3.8, 4) is 0 Å². The van der Waals surface area contributed by atoms with Crippen molar-refractivity contribution in [2.24, 2.45) is 0 Å². The minimum Gasteiger partial charge on any atom is -0.395 e. The summed E-state index contributed by atoms with van der Waals surface area (Å²) in [6, 6.07) is 0. The van der Waals surface area contributed by atoms with Crippen molar-refractivity contribution in [3.05, 3.63) is 11.7 Å². The number of nitrogens with zero attached hydrogens (tertiary/aromatic N) is 3. The van der Waals surface area contributed by atoms with Crippen LogP contribution in [0.15, 0.2) is 4.52 Å². The lowest BCUT2D eigenvalue weighted by Gasteiger charge is -2.17. The molecule has 6 nitrogen and oxygen atoms in total. The third-order valence-electron chi connectivity index (χ3n) is 2.62. The third-order valence-corrected chi connectivity index (χ3v) is 2.62. The summed E-state index contributed by atoms with van der Waals surface area (Å²) >= 11 is 0. The summed E-state index contributed by atoms with van der Waals surface area (Å²) in [5, 5.41) is 21.6. The maximum absolute atomic E-state index is 8.85. The Bertz CT molecular complexity index is 319. The molecule has 1 heterocycles. The molecule has 0 atom stereocenters. The van der Waals surface area contributed by atoms with Crippen LogP contribution in [0.3, 0.4) is 0 Å². The molecule has 0 aromatic carbocycles. The van der Waals surface area contributed by atoms with Crippen molar-refractivity contribution < 1.29 is 14.7 Å². The average molecular weight is 227 g/mol. The summed E-state index contributed by atoms with van der Waals surface area (Å²) in [5.74, 6) is 1.84. The molecule has 1 aromatic rings. The van der Waals surface area contributed by atoms with Gasteiger partial charge in [-0.3, -0.25) is 4.90 Å². The maximum atomic E-state index is 8.85. The highest BCUT2D eigenvalue weighted by Gasteiger charge is 2.28. The lowest BCUT2D eigenvalue weighted by molar-refractivity contribution is 0.143. The Morgan fingerprint density at radius 1 is 1.25 bits per heavy atom. The van der Waals surface area contributed by atoms with Crippen molar-refractivity contribution in [2.75, 3.05) is 26.3 Å². The summed E-state index contributed by atoms with van der Waals surface area (Å²) < 4.78 is 5.12. The van der Waals surface area contributed by atoms with Crippen LogP contribution in [0.25, 0.3) is 0 Å². The highest BCUT2D eigenvalue weighted by Crippen LogP contribution is 2.38. The Morgan fingerprint density at radius 3 is 2.50 bits per heavy atom. The molecule has 0 saturated heterocycles. The molecule has 1 fully saturated rings. The highest BCUT2D eigenvalue weighted by molar-refractivity contribution is 5.03. The van der Waals surface area contributed by atoms with Gasteiger partial charge >= 0.3 is 0 Å². The normalized spacial score (nSPS) is 15.9. The van der Waals surface area contributed by atoms with E-state index in [0.717, 1.165) is 18.7 Å². The van der Waals surface area contributed by atoms with E-state index in [2.05, 4.69) is 10.1 Å². The molecule has 2 rings (SSSR count). The molecular formula is C10H17N3O3. The first kappa shape index (κ1) is 11.5. The van der Waals surface area contributed by atoms with Crippen LogP contribution in [-0.2, 0) is 6.54 Å². The molecule has 0 radical (unpaired) electrons. The molecule has 1 saturated carbocycles. The first-order valence-corrected chi connectivity index (χ1v) is 5.60. The fourth-order valence-electron chi connectivity index (χ4n) is 1.58. The summed E-state index contributed by atoms with van der Waals surface area (Å²) in [6.07, 6.45) is 2.30. The number of hydrogen-bond acceptors (Lipinski definition) is 6. The summed E-state index contributed by atoms with van der Waals surface area (Å²) in [7, 11) is 0. The molecule has 90 valence electrons. The van der Waals surface area contributed by atoms with E-state index in [0.29, 0.717) is 31.4 Å². The zero-order chi connectivity index (χ0) is 11.4. The van der Waals surface area contributed by atoms with Crippen molar-refractivity contribution >= 4 is 0 Å². The van der Waals surface area contributed by atoms with Crippen molar-refractivity contribution in [2.45, 2.75) is 25.3 Å². The van der Waals surface area contributed by atoms with Gasteiger partial charge in [-0.25, -0.2) is 0 Å². The topological polar surface area (TPSA) is 82.6 Å². The Labute approximate surface area is 93.9 Å². The van der Waals surface area contributed by atoms with Crippen LogP contribution in [-0.4, -0.2) is 51.6 Å². The second-order valence-electron chi connectivity index (χ2n) is 4.04. The summed E-state index contributed by atoms with van der Waals surface area (Å²) in [4.78, 5) is 6.17. The zero-order valence-corrected chi connectivity index (χ0v) is 9.17. The van der Waals surface area contributed by atoms with Crippen molar-refractivity contribution in [1.29, 1.82) is 0 Å². The van der Waals surface area contributed by atoms with E-state index < -0.39 is 0 Å². The van der Waals surface area contributed by atoms with Crippen molar-refractivity contribution in [3.63, 3.8) is 0 Å². The second-order valence-corrected chi connectivity index (χ2v) is 4.04. The third kappa shape index (κ3) is 3.01. The quantitative estimate of drug-likeness (QED) is 0.667. The monoisotopic (exact) mass is 227 g/mol. The van der Waals surface area contributed by atoms with E-state index in [1.54, 1.807) is 0 Å². The van der Waals surface area contributed by atoms with Gasteiger partial charge in [0.25, 0.3) is 0 Å². The molecule has 1 aliphatic carbocycles. The first-order valence-electron chi connectivity index (χ1n) is 5.60. The van der Waals surface area contributed by atoms with Gasteiger partial charge in [0.05, 0.1) is 19.8 Å². The fraction of sp³-hybridized carbons (Fsp3) is 0.800. The fourth-order valence-corrected chi connectivity index (χ4v) is 1.58. The van der Waals surface area contributed by atoms with E-state index >= 15 is 0 Å². The first-order chi connectivity index (χ1) is 7.83. The predicted octanol–water partition coefficient (Wildman–Crippen LogP) is -0.266. The van der Waals surface area contributed by atoms with Crippen LogP contribution < -0.4 is 0 Å². The highest BCUT2D eigenvalue weighted by atomic mass is 16.5. The van der Waals surface area contributed by atoms with Crippen LogP contribution in [0, 0.1) is 0 Å². The van der Waals surface area contributed by atoms with E-state index in [9.17, 15) is 0 Å². The van der Waals surface area contributed by atoms with E-state index in [1.807, 2.05) is 4.90 Å². The van der Waals surface area contributed by atoms with Crippen molar-refractivity contribution in [1.82, 2.24) is 15.0 Å². The molecule has 0 aliphatic heterocycles. The lowest BCUT2D eigenvalue weighted by atomic mass is 10.4. The molecule has 1 aromatic heterocycles. The van der Waals surface area contributed by atoms with Gasteiger partial charge in [-0.2, -0.15) is 4.98 Å². The molecule has 0 spiro atoms. The molecule has 1 aliphatic rings. The van der Waals surface area contributed by atoms with E-state index in [-0.39, 0.29) is 13.2 Å². The molecule has 2 N–H and O–H groups in total. The van der Waals surface area contributed by atoms with Crippen LogP contribution in [0.1, 0.15) is 30.5 Å². The van der Waals surface area contributed by atoms with Gasteiger partial charge in [0.2, 0.25) is 5.89 Å². The second kappa shape index (κ2) is 5.38. The number of aliphatic hydroxyl groups excluding tert-OH is 2. The number of aromatic nitrogens is 2. The van der Waals surface area contributed by atoms with Gasteiger partial charge in [0.15, 0.2) is 5.82 Å². The maximum Gasteiger partial charge on any atom is 0.240 e. The SMILES string of the molecule is OCCN(CCO)Cc1nc(C2CC2)no1. The number of rotatable bonds is 7. The Hall–Kier alpha value is -0.980. The minimum absolute atomic E-state index is 0.0591. The van der Waals surface area contributed by atoms with Gasteiger partial charge in [-0.05, 0) is 12.8 Å². The van der Waals surface area contributed by atoms with Gasteiger partial charge < -0.3 is 14.7 Å². The molecule has 6 heteroatoms. The van der Waals surface area contributed by atoms with E-state index in [1.165, 1.54) is 0 Å². The average Bonchev–Trinajstić information content (AvgIpc) is 3.01. The molecule has 16 heavy (non-hydrogen) atoms. The smallest absolute Gasteiger partial charge is 0.240 e. The van der Waals surface area contributed by atoms with Gasteiger partial charge in [0.1, 0.15) is 0 Å². The van der Waals surface area contributed by atoms with Crippen LogP contribution in [0.4, 0.5) is 0 Å². The molecule has 0 amide bonds. The molecule has 0 unspecified atom stereocenters. The number of aliphatic hydroxyl groups is 2. The Balaban J connectivity index is 1.89. The number of hydrogen-bond donors (Lipinski definition) is 2. The van der Waals surface area contributed by atoms with Crippen LogP contribution in [0.2, 0.25) is 0 Å².